The molecule has 0 bridgehead atoms. The van der Waals surface area contributed by atoms with E-state index in [9.17, 15) is 9.59 Å². The van der Waals surface area contributed by atoms with Crippen molar-refractivity contribution in [1.82, 2.24) is 10.2 Å². The Balaban J connectivity index is 2.64. The van der Waals surface area contributed by atoms with Crippen molar-refractivity contribution < 1.29 is 9.59 Å². The summed E-state index contributed by atoms with van der Waals surface area (Å²) in [6, 6.07) is 7.42. The summed E-state index contributed by atoms with van der Waals surface area (Å²) in [5, 5.41) is 5.64. The second-order valence-corrected chi connectivity index (χ2v) is 4.98. The van der Waals surface area contributed by atoms with Crippen LogP contribution in [0.15, 0.2) is 24.3 Å². The third kappa shape index (κ3) is 5.30. The zero-order chi connectivity index (χ0) is 15.1. The van der Waals surface area contributed by atoms with E-state index < -0.39 is 0 Å². The van der Waals surface area contributed by atoms with Crippen LogP contribution in [0.25, 0.3) is 0 Å². The van der Waals surface area contributed by atoms with Crippen molar-refractivity contribution in [3.05, 3.63) is 29.8 Å². The van der Waals surface area contributed by atoms with Gasteiger partial charge in [0.05, 0.1) is 0 Å². The van der Waals surface area contributed by atoms with Crippen molar-refractivity contribution in [1.29, 1.82) is 0 Å². The monoisotopic (exact) mass is 277 g/mol. The van der Waals surface area contributed by atoms with Crippen LogP contribution in [0, 0.1) is 0 Å². The maximum atomic E-state index is 11.7. The second kappa shape index (κ2) is 7.53. The molecule has 0 aliphatic rings. The Kier molecular flexibility index (Phi) is 6.03. The molecule has 5 heteroatoms. The Hall–Kier alpha value is -2.04. The van der Waals surface area contributed by atoms with Crippen LogP contribution in [0.3, 0.4) is 0 Å². The van der Waals surface area contributed by atoms with E-state index in [4.69, 9.17) is 0 Å². The lowest BCUT2D eigenvalue weighted by atomic mass is 10.2. The Morgan fingerprint density at radius 2 is 2.05 bits per heavy atom. The zero-order valence-corrected chi connectivity index (χ0v) is 12.6. The van der Waals surface area contributed by atoms with Gasteiger partial charge >= 0.3 is 6.03 Å². The Morgan fingerprint density at radius 1 is 1.35 bits per heavy atom. The van der Waals surface area contributed by atoms with E-state index in [0.29, 0.717) is 6.54 Å². The molecule has 20 heavy (non-hydrogen) atoms. The molecule has 0 heterocycles. The molecule has 2 N–H and O–H groups in total. The summed E-state index contributed by atoms with van der Waals surface area (Å²) < 4.78 is 0. The number of carbonyl (C=O) groups is 2. The van der Waals surface area contributed by atoms with E-state index in [1.54, 1.807) is 11.9 Å². The molecule has 0 saturated heterocycles. The number of anilines is 1. The predicted octanol–water partition coefficient (Wildman–Crippen LogP) is 2.58. The summed E-state index contributed by atoms with van der Waals surface area (Å²) in [6.45, 7) is 6.03. The van der Waals surface area contributed by atoms with Crippen molar-refractivity contribution in [3.8, 4) is 0 Å². The zero-order valence-electron chi connectivity index (χ0n) is 12.6. The highest BCUT2D eigenvalue weighted by molar-refractivity contribution is 5.89. The van der Waals surface area contributed by atoms with Crippen molar-refractivity contribution in [3.63, 3.8) is 0 Å². The lowest BCUT2D eigenvalue weighted by molar-refractivity contribution is -0.128. The second-order valence-electron chi connectivity index (χ2n) is 4.98. The standard InChI is InChI=1S/C15H23N3O2/c1-5-11(2)16-15(20)17-14-8-6-7-13(9-14)10-18(4)12(3)19/h6-9,11H,5,10H2,1-4H3,(H2,16,17,20). The van der Waals surface area contributed by atoms with E-state index in [1.165, 1.54) is 6.92 Å². The van der Waals surface area contributed by atoms with Gasteiger partial charge in [0.2, 0.25) is 5.91 Å². The minimum absolute atomic E-state index is 0.0119. The predicted molar refractivity (Wildman–Crippen MR) is 80.5 cm³/mol. The van der Waals surface area contributed by atoms with Crippen LogP contribution in [0.1, 0.15) is 32.8 Å². The number of carbonyl (C=O) groups excluding carboxylic acids is 2. The summed E-state index contributed by atoms with van der Waals surface area (Å²) >= 11 is 0. The highest BCUT2D eigenvalue weighted by Crippen LogP contribution is 2.12. The van der Waals surface area contributed by atoms with E-state index in [0.717, 1.165) is 17.7 Å². The van der Waals surface area contributed by atoms with Gasteiger partial charge in [0.1, 0.15) is 0 Å². The number of benzene rings is 1. The molecule has 1 unspecified atom stereocenters. The summed E-state index contributed by atoms with van der Waals surface area (Å²) in [6.07, 6.45) is 0.886. The molecule has 110 valence electrons. The van der Waals surface area contributed by atoms with E-state index >= 15 is 0 Å². The molecule has 0 aliphatic carbocycles. The summed E-state index contributed by atoms with van der Waals surface area (Å²) in [5.41, 5.74) is 1.70. The summed E-state index contributed by atoms with van der Waals surface area (Å²) in [5.74, 6) is 0.0119. The molecule has 1 rings (SSSR count). The van der Waals surface area contributed by atoms with Crippen LogP contribution in [-0.4, -0.2) is 29.9 Å². The number of hydrogen-bond donors (Lipinski definition) is 2. The fourth-order valence-electron chi connectivity index (χ4n) is 1.63. The SMILES string of the molecule is CCC(C)NC(=O)Nc1cccc(CN(C)C(C)=O)c1. The topological polar surface area (TPSA) is 61.4 Å². The minimum atomic E-state index is -0.212. The van der Waals surface area contributed by atoms with Crippen molar-refractivity contribution in [2.75, 3.05) is 12.4 Å². The molecule has 1 aromatic carbocycles. The van der Waals surface area contributed by atoms with Gasteiger partial charge in [0.25, 0.3) is 0 Å². The maximum Gasteiger partial charge on any atom is 0.319 e. The fourth-order valence-corrected chi connectivity index (χ4v) is 1.63. The average molecular weight is 277 g/mol. The van der Waals surface area contributed by atoms with E-state index in [2.05, 4.69) is 10.6 Å². The van der Waals surface area contributed by atoms with Gasteiger partial charge in [0, 0.05) is 32.2 Å². The first kappa shape index (κ1) is 16.0. The average Bonchev–Trinajstić information content (AvgIpc) is 2.38. The first-order valence-electron chi connectivity index (χ1n) is 6.80. The fraction of sp³-hybridized carbons (Fsp3) is 0.467. The Bertz CT molecular complexity index is 474. The quantitative estimate of drug-likeness (QED) is 0.869. The van der Waals surface area contributed by atoms with Crippen LogP contribution < -0.4 is 10.6 Å². The van der Waals surface area contributed by atoms with Gasteiger partial charge in [-0.2, -0.15) is 0 Å². The van der Waals surface area contributed by atoms with Gasteiger partial charge in [-0.25, -0.2) is 4.79 Å². The normalized spacial score (nSPS) is 11.6. The highest BCUT2D eigenvalue weighted by Gasteiger charge is 2.07. The largest absolute Gasteiger partial charge is 0.342 e. The van der Waals surface area contributed by atoms with Crippen LogP contribution >= 0.6 is 0 Å². The van der Waals surface area contributed by atoms with E-state index in [-0.39, 0.29) is 18.0 Å². The van der Waals surface area contributed by atoms with Crippen LogP contribution in [0.5, 0.6) is 0 Å². The van der Waals surface area contributed by atoms with Gasteiger partial charge in [-0.15, -0.1) is 0 Å². The first-order valence-corrected chi connectivity index (χ1v) is 6.80. The Morgan fingerprint density at radius 3 is 2.65 bits per heavy atom. The summed E-state index contributed by atoms with van der Waals surface area (Å²) in [4.78, 5) is 24.6. The number of nitrogens with zero attached hydrogens (tertiary/aromatic N) is 1. The molecule has 0 aliphatic heterocycles. The number of amides is 3. The lowest BCUT2D eigenvalue weighted by Crippen LogP contribution is -2.35. The molecule has 3 amide bonds. The van der Waals surface area contributed by atoms with Crippen molar-refractivity contribution in [2.45, 2.75) is 39.8 Å². The smallest absolute Gasteiger partial charge is 0.319 e. The molecule has 5 nitrogen and oxygen atoms in total. The number of rotatable bonds is 5. The molecule has 1 aromatic rings. The van der Waals surface area contributed by atoms with Crippen LogP contribution in [0.4, 0.5) is 10.5 Å². The van der Waals surface area contributed by atoms with Crippen LogP contribution in [-0.2, 0) is 11.3 Å². The number of hydrogen-bond acceptors (Lipinski definition) is 2. The number of nitrogens with one attached hydrogen (secondary N) is 2. The van der Waals surface area contributed by atoms with Gasteiger partial charge < -0.3 is 15.5 Å². The van der Waals surface area contributed by atoms with Gasteiger partial charge in [-0.1, -0.05) is 19.1 Å². The van der Waals surface area contributed by atoms with Crippen molar-refractivity contribution >= 4 is 17.6 Å². The molecule has 1 atom stereocenters. The molecule has 0 radical (unpaired) electrons. The van der Waals surface area contributed by atoms with Crippen molar-refractivity contribution in [2.24, 2.45) is 0 Å². The van der Waals surface area contributed by atoms with Crippen LogP contribution in [0.2, 0.25) is 0 Å². The molecule has 0 fully saturated rings. The molecule has 0 spiro atoms. The molecule has 0 saturated carbocycles. The van der Waals surface area contributed by atoms with E-state index in [1.807, 2.05) is 38.1 Å². The number of urea groups is 1. The highest BCUT2D eigenvalue weighted by atomic mass is 16.2. The van der Waals surface area contributed by atoms with Gasteiger partial charge in [-0.05, 0) is 31.0 Å². The third-order valence-electron chi connectivity index (χ3n) is 3.13. The maximum absolute atomic E-state index is 11.7. The molecular formula is C15H23N3O2. The molecular weight excluding hydrogens is 254 g/mol. The Labute approximate surface area is 120 Å². The minimum Gasteiger partial charge on any atom is -0.342 e. The van der Waals surface area contributed by atoms with Gasteiger partial charge in [-0.3, -0.25) is 4.79 Å². The lowest BCUT2D eigenvalue weighted by Gasteiger charge is -2.16. The third-order valence-corrected chi connectivity index (χ3v) is 3.13. The molecule has 0 aromatic heterocycles. The van der Waals surface area contributed by atoms with Gasteiger partial charge in [0.15, 0.2) is 0 Å². The first-order chi connectivity index (χ1) is 9.42. The summed E-state index contributed by atoms with van der Waals surface area (Å²) in [7, 11) is 1.75.